The molecule has 76 valence electrons. The number of hydrogen-bond donors (Lipinski definition) is 0. The fraction of sp³-hybridized carbons (Fsp3) is 0.286. The van der Waals surface area contributed by atoms with Crippen molar-refractivity contribution in [2.24, 2.45) is 0 Å². The largest absolute Gasteiger partial charge is 0.0912 e. The highest BCUT2D eigenvalue weighted by molar-refractivity contribution is 5.47. The van der Waals surface area contributed by atoms with Crippen molar-refractivity contribution in [3.05, 3.63) is 59.8 Å². The van der Waals surface area contributed by atoms with Crippen LogP contribution in [0.4, 0.5) is 0 Å². The molecule has 0 saturated carbocycles. The van der Waals surface area contributed by atoms with Crippen molar-refractivity contribution in [3.63, 3.8) is 0 Å². The van der Waals surface area contributed by atoms with Crippen molar-refractivity contribution in [3.8, 4) is 0 Å². The monoisotopic (exact) mass is 188 g/mol. The third kappa shape index (κ3) is 4.66. The Morgan fingerprint density at radius 1 is 1.00 bits per heavy atom. The lowest BCUT2D eigenvalue weighted by molar-refractivity contribution is 1.42. The number of hydrogen-bond acceptors (Lipinski definition) is 0. The molecule has 0 amide bonds. The molecule has 0 aromatic rings. The van der Waals surface area contributed by atoms with Crippen LogP contribution in [0, 0.1) is 0 Å². The topological polar surface area (TPSA) is 0 Å². The van der Waals surface area contributed by atoms with Crippen LogP contribution in [-0.2, 0) is 0 Å². The third-order valence-corrected chi connectivity index (χ3v) is 1.92. The molecule has 0 aliphatic heterocycles. The van der Waals surface area contributed by atoms with Crippen LogP contribution in [0.25, 0.3) is 0 Å². The average molecular weight is 188 g/mol. The first kappa shape index (κ1) is 12.7. The minimum absolute atomic E-state index is 1.05. The van der Waals surface area contributed by atoms with E-state index in [2.05, 4.69) is 31.7 Å². The van der Waals surface area contributed by atoms with Crippen LogP contribution in [0.3, 0.4) is 0 Å². The van der Waals surface area contributed by atoms with E-state index in [0.717, 1.165) is 5.57 Å². The Morgan fingerprint density at radius 3 is 2.00 bits per heavy atom. The van der Waals surface area contributed by atoms with Crippen molar-refractivity contribution in [2.45, 2.75) is 27.7 Å². The number of allylic oxidation sites excluding steroid dienone is 9. The Kier molecular flexibility index (Phi) is 6.47. The third-order valence-electron chi connectivity index (χ3n) is 1.92. The van der Waals surface area contributed by atoms with Crippen LogP contribution < -0.4 is 0 Å². The first-order valence-electron chi connectivity index (χ1n) is 4.95. The van der Waals surface area contributed by atoms with Gasteiger partial charge in [0.2, 0.25) is 0 Å². The lowest BCUT2D eigenvalue weighted by Gasteiger charge is -2.02. The van der Waals surface area contributed by atoms with Crippen molar-refractivity contribution in [1.29, 1.82) is 0 Å². The molecule has 0 bridgehead atoms. The van der Waals surface area contributed by atoms with Gasteiger partial charge in [-0.05, 0) is 38.8 Å². The second-order valence-corrected chi connectivity index (χ2v) is 3.16. The smallest absolute Gasteiger partial charge is 0.0191 e. The van der Waals surface area contributed by atoms with Gasteiger partial charge < -0.3 is 0 Å². The SMILES string of the molecule is C=C(/C=C\C)C(/C=C\C)=C\C(C)=C/C. The van der Waals surface area contributed by atoms with E-state index in [1.165, 1.54) is 11.1 Å². The van der Waals surface area contributed by atoms with E-state index in [1.54, 1.807) is 0 Å². The highest BCUT2D eigenvalue weighted by Gasteiger charge is 1.94. The maximum Gasteiger partial charge on any atom is -0.0191 e. The van der Waals surface area contributed by atoms with Crippen LogP contribution in [0.5, 0.6) is 0 Å². The fourth-order valence-corrected chi connectivity index (χ4v) is 1.05. The molecule has 0 N–H and O–H groups in total. The summed E-state index contributed by atoms with van der Waals surface area (Å²) < 4.78 is 0. The zero-order chi connectivity index (χ0) is 11.0. The van der Waals surface area contributed by atoms with Gasteiger partial charge in [0, 0.05) is 0 Å². The minimum Gasteiger partial charge on any atom is -0.0912 e. The zero-order valence-corrected chi connectivity index (χ0v) is 9.67. The van der Waals surface area contributed by atoms with Gasteiger partial charge in [0.05, 0.1) is 0 Å². The summed E-state index contributed by atoms with van der Waals surface area (Å²) in [5, 5.41) is 0. The lowest BCUT2D eigenvalue weighted by atomic mass is 10.0. The van der Waals surface area contributed by atoms with Gasteiger partial charge in [-0.15, -0.1) is 0 Å². The Bertz CT molecular complexity index is 296. The van der Waals surface area contributed by atoms with E-state index in [4.69, 9.17) is 0 Å². The molecular weight excluding hydrogens is 168 g/mol. The summed E-state index contributed by atoms with van der Waals surface area (Å²) in [4.78, 5) is 0. The summed E-state index contributed by atoms with van der Waals surface area (Å²) in [6.45, 7) is 12.2. The van der Waals surface area contributed by atoms with Crippen molar-refractivity contribution < 1.29 is 0 Å². The molecule has 0 aromatic carbocycles. The first-order valence-corrected chi connectivity index (χ1v) is 4.95. The first-order chi connectivity index (χ1) is 6.65. The van der Waals surface area contributed by atoms with Gasteiger partial charge in [-0.1, -0.05) is 48.6 Å². The molecule has 0 rings (SSSR count). The molecule has 0 nitrogen and oxygen atoms in total. The predicted octanol–water partition coefficient (Wildman–Crippen LogP) is 4.59. The zero-order valence-electron chi connectivity index (χ0n) is 9.67. The molecule has 0 fully saturated rings. The second kappa shape index (κ2) is 7.14. The molecule has 0 spiro atoms. The quantitative estimate of drug-likeness (QED) is 0.566. The number of rotatable bonds is 4. The van der Waals surface area contributed by atoms with Crippen molar-refractivity contribution >= 4 is 0 Å². The molecule has 0 aromatic heterocycles. The second-order valence-electron chi connectivity index (χ2n) is 3.16. The van der Waals surface area contributed by atoms with Crippen molar-refractivity contribution in [1.82, 2.24) is 0 Å². The van der Waals surface area contributed by atoms with Crippen molar-refractivity contribution in [2.75, 3.05) is 0 Å². The van der Waals surface area contributed by atoms with Crippen LogP contribution >= 0.6 is 0 Å². The Balaban J connectivity index is 4.95. The van der Waals surface area contributed by atoms with Gasteiger partial charge in [0.15, 0.2) is 0 Å². The van der Waals surface area contributed by atoms with E-state index in [0.29, 0.717) is 0 Å². The summed E-state index contributed by atoms with van der Waals surface area (Å²) in [6.07, 6.45) is 12.4. The summed E-state index contributed by atoms with van der Waals surface area (Å²) in [5.74, 6) is 0. The Morgan fingerprint density at radius 2 is 1.57 bits per heavy atom. The molecule has 0 aliphatic carbocycles. The molecule has 14 heavy (non-hydrogen) atoms. The van der Waals surface area contributed by atoms with Crippen LogP contribution in [-0.4, -0.2) is 0 Å². The van der Waals surface area contributed by atoms with E-state index < -0.39 is 0 Å². The van der Waals surface area contributed by atoms with E-state index in [9.17, 15) is 0 Å². The summed E-state index contributed by atoms with van der Waals surface area (Å²) in [7, 11) is 0. The van der Waals surface area contributed by atoms with Crippen LogP contribution in [0.2, 0.25) is 0 Å². The molecular formula is C14H20. The highest BCUT2D eigenvalue weighted by Crippen LogP contribution is 2.14. The van der Waals surface area contributed by atoms with Crippen LogP contribution in [0.15, 0.2) is 59.8 Å². The minimum atomic E-state index is 1.05. The van der Waals surface area contributed by atoms with Gasteiger partial charge in [-0.3, -0.25) is 0 Å². The van der Waals surface area contributed by atoms with Gasteiger partial charge in [0.25, 0.3) is 0 Å². The van der Waals surface area contributed by atoms with Gasteiger partial charge >= 0.3 is 0 Å². The van der Waals surface area contributed by atoms with Crippen LogP contribution in [0.1, 0.15) is 27.7 Å². The summed E-state index contributed by atoms with van der Waals surface area (Å²) >= 11 is 0. The maximum absolute atomic E-state index is 4.02. The Hall–Kier alpha value is -1.30. The van der Waals surface area contributed by atoms with Gasteiger partial charge in [-0.2, -0.15) is 0 Å². The van der Waals surface area contributed by atoms with Gasteiger partial charge in [0.1, 0.15) is 0 Å². The lowest BCUT2D eigenvalue weighted by Crippen LogP contribution is -1.82. The standard InChI is InChI=1S/C14H20/c1-6-9-13(5)14(10-7-2)11-12(4)8-3/h6-11H,5H2,1-4H3/b9-6-,10-7-,12-8-,14-11-. The molecule has 0 heteroatoms. The predicted molar refractivity (Wildman–Crippen MR) is 66.3 cm³/mol. The fourth-order valence-electron chi connectivity index (χ4n) is 1.05. The molecule has 0 heterocycles. The molecule has 0 aliphatic rings. The maximum atomic E-state index is 4.02. The van der Waals surface area contributed by atoms with E-state index in [-0.39, 0.29) is 0 Å². The average Bonchev–Trinajstić information content (AvgIpc) is 2.17. The van der Waals surface area contributed by atoms with Gasteiger partial charge in [-0.25, -0.2) is 0 Å². The molecule has 0 radical (unpaired) electrons. The molecule has 0 saturated heterocycles. The summed E-state index contributed by atoms with van der Waals surface area (Å²) in [6, 6.07) is 0. The highest BCUT2D eigenvalue weighted by atomic mass is 14.0. The van der Waals surface area contributed by atoms with E-state index in [1.807, 2.05) is 39.0 Å². The van der Waals surface area contributed by atoms with E-state index >= 15 is 0 Å². The normalized spacial score (nSPS) is 14.3. The summed E-state index contributed by atoms with van der Waals surface area (Å²) in [5.41, 5.74) is 3.47. The Labute approximate surface area is 88.0 Å². The molecule has 0 atom stereocenters. The molecule has 0 unspecified atom stereocenters.